The van der Waals surface area contributed by atoms with Crippen LogP contribution in [0.5, 0.6) is 17.2 Å². The first-order valence-corrected chi connectivity index (χ1v) is 14.5. The minimum Gasteiger partial charge on any atom is -0.494 e. The minimum absolute atomic E-state index is 0.381. The molecule has 0 aliphatic heterocycles. The van der Waals surface area contributed by atoms with Gasteiger partial charge in [0.2, 0.25) is 0 Å². The quantitative estimate of drug-likeness (QED) is 0.0713. The van der Waals surface area contributed by atoms with E-state index in [4.69, 9.17) is 14.2 Å². The summed E-state index contributed by atoms with van der Waals surface area (Å²) in [6, 6.07) is 22.8. The molecule has 0 bridgehead atoms. The average Bonchev–Trinajstić information content (AvgIpc) is 2.98. The molecule has 4 heteroatoms. The highest BCUT2D eigenvalue weighted by atomic mass is 16.5. The Morgan fingerprint density at radius 2 is 1.23 bits per heavy atom. The molecule has 3 rings (SSSR count). The van der Waals surface area contributed by atoms with Crippen molar-refractivity contribution in [2.45, 2.75) is 71.6 Å². The molecule has 0 saturated carbocycles. The third kappa shape index (κ3) is 11.0. The molecular formula is C35H44O4. The second-order valence-corrected chi connectivity index (χ2v) is 10.2. The van der Waals surface area contributed by atoms with Gasteiger partial charge >= 0.3 is 5.97 Å². The number of carbonyl (C=O) groups is 1. The van der Waals surface area contributed by atoms with Crippen LogP contribution in [0.4, 0.5) is 0 Å². The summed E-state index contributed by atoms with van der Waals surface area (Å²) in [4.78, 5) is 12.6. The summed E-state index contributed by atoms with van der Waals surface area (Å²) in [6.45, 7) is 9.54. The van der Waals surface area contributed by atoms with Gasteiger partial charge in [0.05, 0.1) is 18.8 Å². The molecule has 0 amide bonds. The predicted octanol–water partition coefficient (Wildman–Crippen LogP) is 9.68. The molecule has 1 atom stereocenters. The van der Waals surface area contributed by atoms with Crippen LogP contribution in [0, 0.1) is 5.92 Å². The van der Waals surface area contributed by atoms with E-state index < -0.39 is 0 Å². The van der Waals surface area contributed by atoms with Crippen molar-refractivity contribution >= 4 is 5.97 Å². The highest BCUT2D eigenvalue weighted by molar-refractivity contribution is 5.91. The van der Waals surface area contributed by atoms with Crippen molar-refractivity contribution in [2.75, 3.05) is 13.2 Å². The van der Waals surface area contributed by atoms with E-state index in [0.29, 0.717) is 23.8 Å². The highest BCUT2D eigenvalue weighted by Crippen LogP contribution is 2.24. The van der Waals surface area contributed by atoms with Crippen LogP contribution >= 0.6 is 0 Å². The lowest BCUT2D eigenvalue weighted by atomic mass is 10.0. The number of allylic oxidation sites excluding steroid dienone is 1. The number of hydrogen-bond donors (Lipinski definition) is 0. The van der Waals surface area contributed by atoms with Crippen molar-refractivity contribution in [1.82, 2.24) is 0 Å². The number of ether oxygens (including phenoxy) is 3. The molecule has 4 nitrogen and oxygen atoms in total. The second-order valence-electron chi connectivity index (χ2n) is 10.2. The number of benzene rings is 3. The van der Waals surface area contributed by atoms with Crippen LogP contribution in [-0.4, -0.2) is 19.2 Å². The Morgan fingerprint density at radius 3 is 1.85 bits per heavy atom. The molecule has 0 unspecified atom stereocenters. The van der Waals surface area contributed by atoms with E-state index in [-0.39, 0.29) is 5.97 Å². The summed E-state index contributed by atoms with van der Waals surface area (Å²) in [7, 11) is 0. The van der Waals surface area contributed by atoms with Gasteiger partial charge in [-0.2, -0.15) is 0 Å². The first-order chi connectivity index (χ1) is 19.1. The summed E-state index contributed by atoms with van der Waals surface area (Å²) in [5.41, 5.74) is 2.61. The highest BCUT2D eigenvalue weighted by Gasteiger charge is 2.10. The van der Waals surface area contributed by atoms with E-state index in [0.717, 1.165) is 48.5 Å². The zero-order chi connectivity index (χ0) is 27.7. The Labute approximate surface area is 235 Å². The zero-order valence-corrected chi connectivity index (χ0v) is 23.7. The normalized spacial score (nSPS) is 11.5. The average molecular weight is 529 g/mol. The van der Waals surface area contributed by atoms with Crippen LogP contribution in [0.25, 0.3) is 11.1 Å². The summed E-state index contributed by atoms with van der Waals surface area (Å²) in [5.74, 6) is 2.32. The fourth-order valence-corrected chi connectivity index (χ4v) is 4.13. The minimum atomic E-state index is -0.381. The number of hydrogen-bond acceptors (Lipinski definition) is 4. The zero-order valence-electron chi connectivity index (χ0n) is 23.7. The lowest BCUT2D eigenvalue weighted by Gasteiger charge is -2.11. The van der Waals surface area contributed by atoms with Gasteiger partial charge in [-0.05, 0) is 84.8 Å². The largest absolute Gasteiger partial charge is 0.494 e. The molecular weight excluding hydrogens is 484 g/mol. The Kier molecular flexibility index (Phi) is 13.2. The molecule has 3 aromatic rings. The molecule has 0 fully saturated rings. The SMILES string of the molecule is C=CCCCCCCCCCOc1ccc(OC(=O)c2ccc(-c3ccc(OC[C@@H](C)CC)cc3)cc2)cc1. The fourth-order valence-electron chi connectivity index (χ4n) is 4.13. The molecule has 3 aromatic carbocycles. The van der Waals surface area contributed by atoms with Gasteiger partial charge in [0, 0.05) is 0 Å². The van der Waals surface area contributed by atoms with Crippen molar-refractivity contribution in [3.63, 3.8) is 0 Å². The van der Waals surface area contributed by atoms with E-state index in [1.165, 1.54) is 38.5 Å². The van der Waals surface area contributed by atoms with Crippen molar-refractivity contribution in [3.05, 3.63) is 91.0 Å². The lowest BCUT2D eigenvalue weighted by Crippen LogP contribution is -2.08. The van der Waals surface area contributed by atoms with Gasteiger partial charge in [0.1, 0.15) is 17.2 Å². The predicted molar refractivity (Wildman–Crippen MR) is 161 cm³/mol. The number of rotatable bonds is 18. The van der Waals surface area contributed by atoms with Gasteiger partial charge in [0.15, 0.2) is 0 Å². The van der Waals surface area contributed by atoms with Crippen LogP contribution in [0.1, 0.15) is 82.0 Å². The Morgan fingerprint density at radius 1 is 0.718 bits per heavy atom. The molecule has 0 aliphatic carbocycles. The molecule has 0 saturated heterocycles. The van der Waals surface area contributed by atoms with Crippen molar-refractivity contribution in [2.24, 2.45) is 5.92 Å². The first-order valence-electron chi connectivity index (χ1n) is 14.5. The third-order valence-electron chi connectivity index (χ3n) is 6.90. The second kappa shape index (κ2) is 17.1. The van der Waals surface area contributed by atoms with Crippen molar-refractivity contribution < 1.29 is 19.0 Å². The van der Waals surface area contributed by atoms with Crippen LogP contribution in [0.2, 0.25) is 0 Å². The number of esters is 1. The van der Waals surface area contributed by atoms with E-state index in [1.54, 1.807) is 24.3 Å². The summed E-state index contributed by atoms with van der Waals surface area (Å²) in [6.07, 6.45) is 12.9. The Hall–Kier alpha value is -3.53. The third-order valence-corrected chi connectivity index (χ3v) is 6.90. The van der Waals surface area contributed by atoms with Gasteiger partial charge in [0.25, 0.3) is 0 Å². The summed E-state index contributed by atoms with van der Waals surface area (Å²) >= 11 is 0. The van der Waals surface area contributed by atoms with Crippen LogP contribution in [0.15, 0.2) is 85.5 Å². The van der Waals surface area contributed by atoms with Crippen LogP contribution < -0.4 is 14.2 Å². The number of unbranched alkanes of at least 4 members (excludes halogenated alkanes) is 7. The van der Waals surface area contributed by atoms with Gasteiger partial charge in [-0.15, -0.1) is 6.58 Å². The van der Waals surface area contributed by atoms with E-state index in [9.17, 15) is 4.79 Å². The Bertz CT molecular complexity index is 1100. The van der Waals surface area contributed by atoms with Crippen LogP contribution in [0.3, 0.4) is 0 Å². The molecule has 0 spiro atoms. The molecule has 0 heterocycles. The van der Waals surface area contributed by atoms with Gasteiger partial charge in [-0.1, -0.05) is 82.7 Å². The fraction of sp³-hybridized carbons (Fsp3) is 0.400. The monoisotopic (exact) mass is 528 g/mol. The van der Waals surface area contributed by atoms with E-state index >= 15 is 0 Å². The number of carbonyl (C=O) groups excluding carboxylic acids is 1. The maximum Gasteiger partial charge on any atom is 0.343 e. The lowest BCUT2D eigenvalue weighted by molar-refractivity contribution is 0.0734. The van der Waals surface area contributed by atoms with E-state index in [2.05, 4.69) is 20.4 Å². The molecule has 0 radical (unpaired) electrons. The smallest absolute Gasteiger partial charge is 0.343 e. The van der Waals surface area contributed by atoms with Gasteiger partial charge < -0.3 is 14.2 Å². The van der Waals surface area contributed by atoms with E-state index in [1.807, 2.05) is 54.6 Å². The topological polar surface area (TPSA) is 44.8 Å². The molecule has 39 heavy (non-hydrogen) atoms. The first kappa shape index (κ1) is 30.0. The summed E-state index contributed by atoms with van der Waals surface area (Å²) in [5, 5.41) is 0. The standard InChI is InChI=1S/C35H44O4/c1-4-6-7-8-9-10-11-12-13-26-37-32-22-24-34(25-23-32)39-35(36)31-16-14-29(15-17-31)30-18-20-33(21-19-30)38-27-28(3)5-2/h4,14-25,28H,1,5-13,26-27H2,2-3H3/t28-/m0/s1. The maximum atomic E-state index is 12.6. The molecule has 0 aromatic heterocycles. The van der Waals surface area contributed by atoms with Crippen molar-refractivity contribution in [3.8, 4) is 28.4 Å². The molecule has 0 N–H and O–H groups in total. The maximum absolute atomic E-state index is 12.6. The Balaban J connectivity index is 1.38. The van der Waals surface area contributed by atoms with Gasteiger partial charge in [-0.25, -0.2) is 4.79 Å². The van der Waals surface area contributed by atoms with Crippen LogP contribution in [-0.2, 0) is 0 Å². The van der Waals surface area contributed by atoms with Gasteiger partial charge in [-0.3, -0.25) is 0 Å². The molecule has 0 aliphatic rings. The van der Waals surface area contributed by atoms with Crippen molar-refractivity contribution in [1.29, 1.82) is 0 Å². The molecule has 208 valence electrons. The summed E-state index contributed by atoms with van der Waals surface area (Å²) < 4.78 is 17.2.